The number of rotatable bonds is 4. The SMILES string of the molecule is O=CCOc1ccc(-c2cccnc2)cc1. The Morgan fingerprint density at radius 2 is 1.94 bits per heavy atom. The Morgan fingerprint density at radius 1 is 1.12 bits per heavy atom. The molecule has 0 spiro atoms. The van der Waals surface area contributed by atoms with E-state index in [4.69, 9.17) is 4.74 Å². The number of benzene rings is 1. The number of ether oxygens (including phenoxy) is 1. The standard InChI is InChI=1S/C13H11NO2/c15-8-9-16-13-5-3-11(4-6-13)12-2-1-7-14-10-12/h1-8,10H,9H2. The van der Waals surface area contributed by atoms with Gasteiger partial charge in [0.2, 0.25) is 0 Å². The number of aromatic nitrogens is 1. The summed E-state index contributed by atoms with van der Waals surface area (Å²) >= 11 is 0. The zero-order chi connectivity index (χ0) is 11.2. The van der Waals surface area contributed by atoms with Crippen LogP contribution in [0.5, 0.6) is 5.75 Å². The lowest BCUT2D eigenvalue weighted by molar-refractivity contribution is -0.109. The van der Waals surface area contributed by atoms with Gasteiger partial charge in [-0.3, -0.25) is 9.78 Å². The fraction of sp³-hybridized carbons (Fsp3) is 0.0769. The summed E-state index contributed by atoms with van der Waals surface area (Å²) in [6.45, 7) is 0.0895. The Morgan fingerprint density at radius 3 is 2.56 bits per heavy atom. The highest BCUT2D eigenvalue weighted by molar-refractivity contribution is 5.63. The second-order valence-corrected chi connectivity index (χ2v) is 3.24. The second kappa shape index (κ2) is 5.07. The molecule has 0 amide bonds. The van der Waals surface area contributed by atoms with E-state index in [2.05, 4.69) is 4.98 Å². The maximum atomic E-state index is 10.1. The molecule has 80 valence electrons. The molecule has 3 heteroatoms. The van der Waals surface area contributed by atoms with E-state index < -0.39 is 0 Å². The Balaban J connectivity index is 2.16. The third-order valence-electron chi connectivity index (χ3n) is 2.17. The van der Waals surface area contributed by atoms with E-state index in [0.29, 0.717) is 5.75 Å². The second-order valence-electron chi connectivity index (χ2n) is 3.24. The largest absolute Gasteiger partial charge is 0.486 e. The molecular formula is C13H11NO2. The van der Waals surface area contributed by atoms with E-state index >= 15 is 0 Å². The summed E-state index contributed by atoms with van der Waals surface area (Å²) in [5, 5.41) is 0. The van der Waals surface area contributed by atoms with Crippen LogP contribution in [0.3, 0.4) is 0 Å². The van der Waals surface area contributed by atoms with E-state index in [0.717, 1.165) is 17.4 Å². The molecule has 0 unspecified atom stereocenters. The molecule has 1 aromatic carbocycles. The van der Waals surface area contributed by atoms with Crippen molar-refractivity contribution in [2.45, 2.75) is 0 Å². The third kappa shape index (κ3) is 2.45. The molecule has 0 aliphatic heterocycles. The normalized spacial score (nSPS) is 9.75. The molecular weight excluding hydrogens is 202 g/mol. The average Bonchev–Trinajstić information content (AvgIpc) is 2.38. The van der Waals surface area contributed by atoms with E-state index in [9.17, 15) is 4.79 Å². The van der Waals surface area contributed by atoms with Gasteiger partial charge in [0.05, 0.1) is 0 Å². The fourth-order valence-electron chi connectivity index (χ4n) is 1.41. The van der Waals surface area contributed by atoms with Gasteiger partial charge in [-0.05, 0) is 29.3 Å². The molecule has 0 atom stereocenters. The van der Waals surface area contributed by atoms with Crippen molar-refractivity contribution in [2.75, 3.05) is 6.61 Å². The van der Waals surface area contributed by atoms with Gasteiger partial charge in [0, 0.05) is 12.4 Å². The third-order valence-corrected chi connectivity index (χ3v) is 2.17. The van der Waals surface area contributed by atoms with Crippen molar-refractivity contribution in [3.05, 3.63) is 48.8 Å². The lowest BCUT2D eigenvalue weighted by Crippen LogP contribution is -1.97. The first-order chi connectivity index (χ1) is 7.90. The van der Waals surface area contributed by atoms with Gasteiger partial charge in [0.15, 0.2) is 6.29 Å². The number of aldehydes is 1. The average molecular weight is 213 g/mol. The summed E-state index contributed by atoms with van der Waals surface area (Å²) in [4.78, 5) is 14.2. The summed E-state index contributed by atoms with van der Waals surface area (Å²) in [6, 6.07) is 11.5. The molecule has 2 rings (SSSR count). The van der Waals surface area contributed by atoms with Gasteiger partial charge in [-0.2, -0.15) is 0 Å². The summed E-state index contributed by atoms with van der Waals surface area (Å²) in [6.07, 6.45) is 4.28. The molecule has 16 heavy (non-hydrogen) atoms. The topological polar surface area (TPSA) is 39.2 Å². The first kappa shape index (κ1) is 10.4. The highest BCUT2D eigenvalue weighted by Crippen LogP contribution is 2.21. The van der Waals surface area contributed by atoms with Crippen LogP contribution in [0.4, 0.5) is 0 Å². The van der Waals surface area contributed by atoms with Gasteiger partial charge in [0.25, 0.3) is 0 Å². The maximum absolute atomic E-state index is 10.1. The van der Waals surface area contributed by atoms with Crippen LogP contribution in [0, 0.1) is 0 Å². The zero-order valence-corrected chi connectivity index (χ0v) is 8.67. The molecule has 0 bridgehead atoms. The minimum absolute atomic E-state index is 0.0895. The van der Waals surface area contributed by atoms with Gasteiger partial charge in [-0.25, -0.2) is 0 Å². The first-order valence-electron chi connectivity index (χ1n) is 4.97. The van der Waals surface area contributed by atoms with Crippen LogP contribution >= 0.6 is 0 Å². The molecule has 2 aromatic rings. The number of hydrogen-bond acceptors (Lipinski definition) is 3. The molecule has 0 fully saturated rings. The Bertz CT molecular complexity index is 451. The highest BCUT2D eigenvalue weighted by Gasteiger charge is 1.97. The predicted molar refractivity (Wildman–Crippen MR) is 61.2 cm³/mol. The number of pyridine rings is 1. The van der Waals surface area contributed by atoms with Crippen molar-refractivity contribution in [1.82, 2.24) is 4.98 Å². The summed E-state index contributed by atoms with van der Waals surface area (Å²) in [7, 11) is 0. The quantitative estimate of drug-likeness (QED) is 0.732. The summed E-state index contributed by atoms with van der Waals surface area (Å²) < 4.78 is 5.16. The summed E-state index contributed by atoms with van der Waals surface area (Å²) in [5.74, 6) is 0.694. The molecule has 0 aliphatic carbocycles. The lowest BCUT2D eigenvalue weighted by Gasteiger charge is -2.04. The lowest BCUT2D eigenvalue weighted by atomic mass is 10.1. The van der Waals surface area contributed by atoms with Crippen molar-refractivity contribution < 1.29 is 9.53 Å². The Kier molecular flexibility index (Phi) is 3.28. The van der Waals surface area contributed by atoms with Gasteiger partial charge >= 0.3 is 0 Å². The fourth-order valence-corrected chi connectivity index (χ4v) is 1.41. The van der Waals surface area contributed by atoms with Crippen LogP contribution in [-0.4, -0.2) is 17.9 Å². The van der Waals surface area contributed by atoms with E-state index in [1.807, 2.05) is 36.4 Å². The smallest absolute Gasteiger partial charge is 0.157 e. The molecule has 0 radical (unpaired) electrons. The van der Waals surface area contributed by atoms with Crippen molar-refractivity contribution >= 4 is 6.29 Å². The van der Waals surface area contributed by atoms with E-state index in [1.54, 1.807) is 12.4 Å². The van der Waals surface area contributed by atoms with E-state index in [-0.39, 0.29) is 6.61 Å². The Hall–Kier alpha value is -2.16. The first-order valence-corrected chi connectivity index (χ1v) is 4.97. The van der Waals surface area contributed by atoms with Crippen LogP contribution in [0.15, 0.2) is 48.8 Å². The van der Waals surface area contributed by atoms with Crippen molar-refractivity contribution in [3.63, 3.8) is 0 Å². The minimum atomic E-state index is 0.0895. The summed E-state index contributed by atoms with van der Waals surface area (Å²) in [5.41, 5.74) is 2.14. The minimum Gasteiger partial charge on any atom is -0.486 e. The van der Waals surface area contributed by atoms with Crippen molar-refractivity contribution in [2.24, 2.45) is 0 Å². The van der Waals surface area contributed by atoms with E-state index in [1.165, 1.54) is 0 Å². The van der Waals surface area contributed by atoms with Crippen LogP contribution < -0.4 is 4.74 Å². The van der Waals surface area contributed by atoms with Gasteiger partial charge in [-0.1, -0.05) is 18.2 Å². The molecule has 3 nitrogen and oxygen atoms in total. The number of nitrogens with zero attached hydrogens (tertiary/aromatic N) is 1. The monoisotopic (exact) mass is 213 g/mol. The van der Waals surface area contributed by atoms with Gasteiger partial charge in [0.1, 0.15) is 12.4 Å². The van der Waals surface area contributed by atoms with Crippen LogP contribution in [0.2, 0.25) is 0 Å². The number of carbonyl (C=O) groups is 1. The molecule has 0 aliphatic rings. The Labute approximate surface area is 93.7 Å². The highest BCUT2D eigenvalue weighted by atomic mass is 16.5. The molecule has 1 heterocycles. The molecule has 0 N–H and O–H groups in total. The molecule has 1 aromatic heterocycles. The van der Waals surface area contributed by atoms with Crippen molar-refractivity contribution in [3.8, 4) is 16.9 Å². The van der Waals surface area contributed by atoms with Gasteiger partial charge < -0.3 is 4.74 Å². The van der Waals surface area contributed by atoms with Crippen LogP contribution in [0.25, 0.3) is 11.1 Å². The maximum Gasteiger partial charge on any atom is 0.157 e. The number of carbonyl (C=O) groups excluding carboxylic acids is 1. The van der Waals surface area contributed by atoms with Crippen molar-refractivity contribution in [1.29, 1.82) is 0 Å². The van der Waals surface area contributed by atoms with Crippen LogP contribution in [0.1, 0.15) is 0 Å². The molecule has 0 saturated carbocycles. The number of hydrogen-bond donors (Lipinski definition) is 0. The molecule has 0 saturated heterocycles. The zero-order valence-electron chi connectivity index (χ0n) is 8.67. The predicted octanol–water partition coefficient (Wildman–Crippen LogP) is 2.33. The van der Waals surface area contributed by atoms with Gasteiger partial charge in [-0.15, -0.1) is 0 Å². The van der Waals surface area contributed by atoms with Crippen LogP contribution in [-0.2, 0) is 4.79 Å².